The number of amides is 1. The number of rotatable bonds is 6. The molecular weight excluding hydrogens is 373 g/mol. The quantitative estimate of drug-likeness (QED) is 0.680. The van der Waals surface area contributed by atoms with E-state index in [9.17, 15) is 18.0 Å². The zero-order valence-corrected chi connectivity index (χ0v) is 14.9. The number of carbonyl (C=O) groups excluding carboxylic acids is 1. The molecule has 3 aromatic rings. The van der Waals surface area contributed by atoms with Crippen molar-refractivity contribution in [1.29, 1.82) is 0 Å². The second-order valence-electron chi connectivity index (χ2n) is 5.92. The van der Waals surface area contributed by atoms with Crippen molar-refractivity contribution in [2.24, 2.45) is 0 Å². The van der Waals surface area contributed by atoms with Crippen LogP contribution in [0.4, 0.5) is 13.2 Å². The van der Waals surface area contributed by atoms with Crippen molar-refractivity contribution in [3.8, 4) is 17.2 Å². The van der Waals surface area contributed by atoms with Gasteiger partial charge in [0.1, 0.15) is 12.0 Å². The minimum Gasteiger partial charge on any atom is -0.497 e. The van der Waals surface area contributed by atoms with Gasteiger partial charge in [-0.2, -0.15) is 13.2 Å². The lowest BCUT2D eigenvalue weighted by Crippen LogP contribution is -2.28. The monoisotopic (exact) mass is 390 g/mol. The molecule has 0 spiro atoms. The van der Waals surface area contributed by atoms with Crippen LogP contribution in [-0.4, -0.2) is 24.5 Å². The molecule has 0 aliphatic carbocycles. The lowest BCUT2D eigenvalue weighted by Gasteiger charge is -2.12. The molecular formula is C20H17F3N2O3. The number of oxazole rings is 1. The lowest BCUT2D eigenvalue weighted by atomic mass is 10.1. The predicted molar refractivity (Wildman–Crippen MR) is 96.0 cm³/mol. The number of hydrogen-bond acceptors (Lipinski definition) is 4. The third-order valence-electron chi connectivity index (χ3n) is 4.03. The Morgan fingerprint density at radius 1 is 1.14 bits per heavy atom. The number of aromatic nitrogens is 1. The van der Waals surface area contributed by atoms with Crippen LogP contribution in [0.3, 0.4) is 0 Å². The maximum Gasteiger partial charge on any atom is 0.417 e. The fourth-order valence-electron chi connectivity index (χ4n) is 2.62. The Labute approximate surface area is 159 Å². The number of alkyl halides is 3. The molecule has 0 aliphatic heterocycles. The van der Waals surface area contributed by atoms with Crippen LogP contribution < -0.4 is 10.1 Å². The molecule has 1 N–H and O–H groups in total. The minimum atomic E-state index is -4.59. The van der Waals surface area contributed by atoms with Crippen LogP contribution in [0.25, 0.3) is 11.5 Å². The highest BCUT2D eigenvalue weighted by atomic mass is 19.4. The van der Waals surface area contributed by atoms with Gasteiger partial charge in [-0.3, -0.25) is 4.79 Å². The first-order valence-electron chi connectivity index (χ1n) is 8.41. The van der Waals surface area contributed by atoms with Crippen LogP contribution in [0.15, 0.2) is 59.2 Å². The van der Waals surface area contributed by atoms with E-state index < -0.39 is 23.2 Å². The Kier molecular flexibility index (Phi) is 5.67. The van der Waals surface area contributed by atoms with Crippen LogP contribution in [0.1, 0.15) is 21.6 Å². The molecule has 0 unspecified atom stereocenters. The Bertz CT molecular complexity index is 950. The van der Waals surface area contributed by atoms with E-state index in [0.717, 1.165) is 17.7 Å². The Morgan fingerprint density at radius 3 is 2.54 bits per heavy atom. The van der Waals surface area contributed by atoms with E-state index >= 15 is 0 Å². The number of halogens is 3. The van der Waals surface area contributed by atoms with Gasteiger partial charge < -0.3 is 14.5 Å². The zero-order chi connectivity index (χ0) is 20.1. The van der Waals surface area contributed by atoms with Crippen LogP contribution in [0, 0.1) is 0 Å². The normalized spacial score (nSPS) is 11.3. The van der Waals surface area contributed by atoms with E-state index in [1.54, 1.807) is 31.4 Å². The highest BCUT2D eigenvalue weighted by Gasteiger charge is 2.34. The Hall–Kier alpha value is -3.29. The summed E-state index contributed by atoms with van der Waals surface area (Å²) in [6.45, 7) is 0.125. The molecule has 0 bridgehead atoms. The summed E-state index contributed by atoms with van der Waals surface area (Å²) in [5, 5.41) is 2.49. The first-order valence-corrected chi connectivity index (χ1v) is 8.41. The first-order chi connectivity index (χ1) is 13.4. The second-order valence-corrected chi connectivity index (χ2v) is 5.92. The number of ether oxygens (including phenoxy) is 1. The molecule has 2 aromatic carbocycles. The molecule has 0 saturated heterocycles. The van der Waals surface area contributed by atoms with Gasteiger partial charge in [0.25, 0.3) is 5.91 Å². The average molecular weight is 390 g/mol. The van der Waals surface area contributed by atoms with E-state index in [1.807, 2.05) is 0 Å². The molecule has 146 valence electrons. The summed E-state index contributed by atoms with van der Waals surface area (Å²) >= 11 is 0. The molecule has 3 rings (SSSR count). The molecule has 0 aliphatic rings. The van der Waals surface area contributed by atoms with E-state index in [1.165, 1.54) is 18.4 Å². The van der Waals surface area contributed by atoms with Gasteiger partial charge in [0.2, 0.25) is 5.89 Å². The number of hydrogen-bond donors (Lipinski definition) is 1. The number of benzene rings is 2. The first kappa shape index (κ1) is 19.5. The molecule has 0 atom stereocenters. The molecule has 0 fully saturated rings. The molecule has 1 heterocycles. The van der Waals surface area contributed by atoms with Crippen molar-refractivity contribution >= 4 is 5.91 Å². The van der Waals surface area contributed by atoms with Gasteiger partial charge in [-0.05, 0) is 36.4 Å². The number of methoxy groups -OCH3 is 1. The number of carbonyl (C=O) groups is 1. The zero-order valence-electron chi connectivity index (χ0n) is 14.9. The molecule has 0 radical (unpaired) electrons. The smallest absolute Gasteiger partial charge is 0.417 e. The number of nitrogens with one attached hydrogen (secondary N) is 1. The minimum absolute atomic E-state index is 0.125. The van der Waals surface area contributed by atoms with Crippen LogP contribution in [-0.2, 0) is 12.6 Å². The summed E-state index contributed by atoms with van der Waals surface area (Å²) in [6.07, 6.45) is -2.82. The Morgan fingerprint density at radius 2 is 1.86 bits per heavy atom. The topological polar surface area (TPSA) is 64.4 Å². The number of nitrogens with zero attached hydrogens (tertiary/aromatic N) is 1. The molecule has 1 amide bonds. The third-order valence-corrected chi connectivity index (χ3v) is 4.03. The van der Waals surface area contributed by atoms with Crippen LogP contribution in [0.2, 0.25) is 0 Å². The average Bonchev–Trinajstić information content (AvgIpc) is 3.16. The van der Waals surface area contributed by atoms with Crippen molar-refractivity contribution in [1.82, 2.24) is 10.3 Å². The van der Waals surface area contributed by atoms with Gasteiger partial charge in [0, 0.05) is 18.5 Å². The van der Waals surface area contributed by atoms with Gasteiger partial charge in [-0.25, -0.2) is 4.98 Å². The summed E-state index contributed by atoms with van der Waals surface area (Å²) in [5.41, 5.74) is -0.0322. The summed E-state index contributed by atoms with van der Waals surface area (Å²) in [4.78, 5) is 16.4. The molecule has 28 heavy (non-hydrogen) atoms. The third kappa shape index (κ3) is 4.51. The Balaban J connectivity index is 1.60. The van der Waals surface area contributed by atoms with Crippen molar-refractivity contribution < 1.29 is 27.1 Å². The maximum atomic E-state index is 13.0. The summed E-state index contributed by atoms with van der Waals surface area (Å²) in [7, 11) is 1.57. The van der Waals surface area contributed by atoms with Crippen LogP contribution >= 0.6 is 0 Å². The van der Waals surface area contributed by atoms with E-state index in [4.69, 9.17) is 9.15 Å². The molecule has 1 aromatic heterocycles. The summed E-state index contributed by atoms with van der Waals surface area (Å²) < 4.78 is 49.5. The summed E-state index contributed by atoms with van der Waals surface area (Å²) in [6, 6.07) is 11.8. The van der Waals surface area contributed by atoms with Crippen molar-refractivity contribution in [3.05, 3.63) is 71.6 Å². The largest absolute Gasteiger partial charge is 0.497 e. The van der Waals surface area contributed by atoms with Gasteiger partial charge in [-0.1, -0.05) is 12.1 Å². The van der Waals surface area contributed by atoms with Crippen molar-refractivity contribution in [2.75, 3.05) is 13.7 Å². The van der Waals surface area contributed by atoms with E-state index in [-0.39, 0.29) is 6.54 Å². The standard InChI is InChI=1S/C20H17F3N2O3/c1-27-15-8-6-13(7-9-15)19-25-14(12-28-19)10-11-24-18(26)16-4-2-3-5-17(16)20(21,22)23/h2-9,12H,10-11H2,1H3,(H,24,26). The van der Waals surface area contributed by atoms with Crippen LogP contribution in [0.5, 0.6) is 5.75 Å². The fourth-order valence-corrected chi connectivity index (χ4v) is 2.62. The van der Waals surface area contributed by atoms with Gasteiger partial charge in [0.05, 0.1) is 23.9 Å². The molecule has 0 saturated carbocycles. The van der Waals surface area contributed by atoms with E-state index in [2.05, 4.69) is 10.3 Å². The SMILES string of the molecule is COc1ccc(-c2nc(CCNC(=O)c3ccccc3C(F)(F)F)co2)cc1. The van der Waals surface area contributed by atoms with E-state index in [0.29, 0.717) is 23.8 Å². The molecule has 5 nitrogen and oxygen atoms in total. The second kappa shape index (κ2) is 8.16. The predicted octanol–water partition coefficient (Wildman–Crippen LogP) is 4.34. The van der Waals surface area contributed by atoms with Gasteiger partial charge >= 0.3 is 6.18 Å². The highest BCUT2D eigenvalue weighted by Crippen LogP contribution is 2.31. The van der Waals surface area contributed by atoms with Gasteiger partial charge in [-0.15, -0.1) is 0 Å². The summed E-state index contributed by atoms with van der Waals surface area (Å²) in [5.74, 6) is 0.329. The van der Waals surface area contributed by atoms with Crippen molar-refractivity contribution in [2.45, 2.75) is 12.6 Å². The maximum absolute atomic E-state index is 13.0. The lowest BCUT2D eigenvalue weighted by molar-refractivity contribution is -0.137. The fraction of sp³-hybridized carbons (Fsp3) is 0.200. The molecule has 8 heteroatoms. The van der Waals surface area contributed by atoms with Crippen molar-refractivity contribution in [3.63, 3.8) is 0 Å². The highest BCUT2D eigenvalue weighted by molar-refractivity contribution is 5.95. The van der Waals surface area contributed by atoms with Gasteiger partial charge in [0.15, 0.2) is 0 Å².